The zero-order chi connectivity index (χ0) is 22.1. The van der Waals surface area contributed by atoms with Gasteiger partial charge in [-0.1, -0.05) is 12.8 Å². The highest BCUT2D eigenvalue weighted by atomic mass is 35.5. The van der Waals surface area contributed by atoms with E-state index in [1.165, 1.54) is 6.42 Å². The number of ether oxygens (including phenoxy) is 6. The molecule has 0 unspecified atom stereocenters. The first kappa shape index (κ1) is 29.0. The lowest BCUT2D eigenvalue weighted by Gasteiger charge is -2.08. The second-order valence-corrected chi connectivity index (χ2v) is 6.53. The summed E-state index contributed by atoms with van der Waals surface area (Å²) in [5.41, 5.74) is 4.68. The van der Waals surface area contributed by atoms with E-state index in [1.54, 1.807) is 0 Å². The van der Waals surface area contributed by atoms with Crippen LogP contribution < -0.4 is 11.1 Å². The first-order valence-corrected chi connectivity index (χ1v) is 10.9. The van der Waals surface area contributed by atoms with Crippen LogP contribution in [0, 0.1) is 0 Å². The molecule has 0 rings (SSSR count). The van der Waals surface area contributed by atoms with Crippen molar-refractivity contribution in [3.63, 3.8) is 0 Å². The van der Waals surface area contributed by atoms with E-state index in [4.69, 9.17) is 35.3 Å². The minimum Gasteiger partial charge on any atom is -0.379 e. The molecule has 0 fully saturated rings. The minimum absolute atomic E-state index is 0.203. The number of carbonyl (C=O) groups is 2. The van der Waals surface area contributed by atoms with E-state index in [2.05, 4.69) is 15.8 Å². The molecule has 10 nitrogen and oxygen atoms in total. The second kappa shape index (κ2) is 24.3. The summed E-state index contributed by atoms with van der Waals surface area (Å²) < 4.78 is 30.7. The molecule has 0 aromatic heterocycles. The molecule has 0 saturated carbocycles. The molecule has 3 N–H and O–H groups in total. The maximum Gasteiger partial charge on any atom is 0.412 e. The number of nitrogens with one attached hydrogen (secondary N) is 1. The number of unbranched alkanes of at least 4 members (excludes halogenated alkanes) is 3. The quantitative estimate of drug-likeness (QED) is 0.100. The molecule has 0 saturated heterocycles. The van der Waals surface area contributed by atoms with Gasteiger partial charge in [-0.05, 0) is 12.8 Å². The highest BCUT2D eigenvalue weighted by molar-refractivity contribution is 6.17. The molecule has 0 aliphatic heterocycles. The third kappa shape index (κ3) is 25.0. The summed E-state index contributed by atoms with van der Waals surface area (Å²) in [7, 11) is 0. The largest absolute Gasteiger partial charge is 0.412 e. The van der Waals surface area contributed by atoms with E-state index in [1.807, 2.05) is 0 Å². The molecule has 30 heavy (non-hydrogen) atoms. The van der Waals surface area contributed by atoms with Gasteiger partial charge in [0.05, 0.1) is 52.9 Å². The standard InChI is InChI=1S/C19H37ClN2O8/c20-5-3-1-2-4-8-25-11-12-26-9-6-22-7-10-27-13-14-28-15-16-29-17-18(23)30-19(21)24/h22H,1-17H2,(H2,21,24). The molecule has 0 heterocycles. The predicted octanol–water partition coefficient (Wildman–Crippen LogP) is 1.08. The van der Waals surface area contributed by atoms with Gasteiger partial charge in [-0.25, -0.2) is 9.59 Å². The molecule has 0 aromatic carbocycles. The summed E-state index contributed by atoms with van der Waals surface area (Å²) in [6.45, 7) is 5.76. The molecule has 0 aromatic rings. The van der Waals surface area contributed by atoms with E-state index in [0.29, 0.717) is 46.2 Å². The third-order valence-corrected chi connectivity index (χ3v) is 3.84. The van der Waals surface area contributed by atoms with Crippen LogP contribution in [0.4, 0.5) is 4.79 Å². The van der Waals surface area contributed by atoms with Gasteiger partial charge in [0.1, 0.15) is 6.61 Å². The summed E-state index contributed by atoms with van der Waals surface area (Å²) >= 11 is 5.62. The molecule has 0 spiro atoms. The van der Waals surface area contributed by atoms with Crippen molar-refractivity contribution < 1.29 is 38.0 Å². The van der Waals surface area contributed by atoms with E-state index in [-0.39, 0.29) is 13.2 Å². The third-order valence-electron chi connectivity index (χ3n) is 3.57. The van der Waals surface area contributed by atoms with E-state index in [0.717, 1.165) is 44.8 Å². The number of primary amides is 1. The Balaban J connectivity index is 3.06. The van der Waals surface area contributed by atoms with E-state index < -0.39 is 12.1 Å². The second-order valence-electron chi connectivity index (χ2n) is 6.15. The molecule has 178 valence electrons. The molecule has 0 aliphatic carbocycles. The summed E-state index contributed by atoms with van der Waals surface area (Å²) in [6, 6.07) is 0. The van der Waals surface area contributed by atoms with Gasteiger partial charge in [-0.2, -0.15) is 0 Å². The number of alkyl halides is 1. The Morgan fingerprint density at radius 3 is 1.73 bits per heavy atom. The van der Waals surface area contributed by atoms with Gasteiger partial charge in [-0.3, -0.25) is 0 Å². The molecule has 0 atom stereocenters. The van der Waals surface area contributed by atoms with Crippen LogP contribution in [0.15, 0.2) is 0 Å². The van der Waals surface area contributed by atoms with Crippen molar-refractivity contribution in [3.05, 3.63) is 0 Å². The van der Waals surface area contributed by atoms with Crippen LogP contribution in [0.1, 0.15) is 25.7 Å². The van der Waals surface area contributed by atoms with Gasteiger partial charge in [0.15, 0.2) is 0 Å². The lowest BCUT2D eigenvalue weighted by atomic mass is 10.2. The highest BCUT2D eigenvalue weighted by Gasteiger charge is 2.05. The fraction of sp³-hybridized carbons (Fsp3) is 0.895. The molecule has 11 heteroatoms. The van der Waals surface area contributed by atoms with Gasteiger partial charge >= 0.3 is 12.1 Å². The van der Waals surface area contributed by atoms with Crippen molar-refractivity contribution >= 4 is 23.7 Å². The van der Waals surface area contributed by atoms with Crippen molar-refractivity contribution in [1.82, 2.24) is 5.32 Å². The highest BCUT2D eigenvalue weighted by Crippen LogP contribution is 2.00. The van der Waals surface area contributed by atoms with E-state index in [9.17, 15) is 9.59 Å². The van der Waals surface area contributed by atoms with Crippen molar-refractivity contribution in [1.29, 1.82) is 0 Å². The zero-order valence-electron chi connectivity index (χ0n) is 17.7. The number of amides is 1. The van der Waals surface area contributed by atoms with Crippen molar-refractivity contribution in [2.24, 2.45) is 5.73 Å². The fourth-order valence-electron chi connectivity index (χ4n) is 2.12. The summed E-state index contributed by atoms with van der Waals surface area (Å²) in [5.74, 6) is -0.0924. The number of rotatable bonds is 23. The lowest BCUT2D eigenvalue weighted by Crippen LogP contribution is -2.25. The first-order chi connectivity index (χ1) is 14.7. The van der Waals surface area contributed by atoms with E-state index >= 15 is 0 Å². The fourth-order valence-corrected chi connectivity index (χ4v) is 2.31. The predicted molar refractivity (Wildman–Crippen MR) is 112 cm³/mol. The van der Waals surface area contributed by atoms with Crippen LogP contribution in [0.25, 0.3) is 0 Å². The Morgan fingerprint density at radius 1 is 0.667 bits per heavy atom. The van der Waals surface area contributed by atoms with Gasteiger partial charge in [0.2, 0.25) is 0 Å². The zero-order valence-corrected chi connectivity index (χ0v) is 18.5. The van der Waals surface area contributed by atoms with Crippen LogP contribution in [0.3, 0.4) is 0 Å². The maximum absolute atomic E-state index is 10.9. The number of carbonyl (C=O) groups excluding carboxylic acids is 2. The number of hydrogen-bond acceptors (Lipinski definition) is 9. The summed E-state index contributed by atoms with van der Waals surface area (Å²) in [4.78, 5) is 21.2. The number of esters is 1. The number of hydrogen-bond donors (Lipinski definition) is 2. The molecule has 0 bridgehead atoms. The minimum atomic E-state index is -1.15. The van der Waals surface area contributed by atoms with Gasteiger partial charge in [0, 0.05) is 25.6 Å². The van der Waals surface area contributed by atoms with Gasteiger partial charge in [-0.15, -0.1) is 11.6 Å². The first-order valence-electron chi connectivity index (χ1n) is 10.3. The number of halogens is 1. The Morgan fingerprint density at radius 2 is 1.17 bits per heavy atom. The van der Waals surface area contributed by atoms with Crippen LogP contribution in [-0.4, -0.2) is 97.1 Å². The van der Waals surface area contributed by atoms with Crippen molar-refractivity contribution in [3.8, 4) is 0 Å². The Bertz CT molecular complexity index is 405. The van der Waals surface area contributed by atoms with Crippen molar-refractivity contribution in [2.75, 3.05) is 85.0 Å². The molecule has 1 amide bonds. The van der Waals surface area contributed by atoms with Crippen LogP contribution >= 0.6 is 11.6 Å². The maximum atomic E-state index is 10.9. The van der Waals surface area contributed by atoms with Gasteiger partial charge < -0.3 is 39.5 Å². The van der Waals surface area contributed by atoms with Crippen LogP contribution in [0.2, 0.25) is 0 Å². The molecule has 0 radical (unpaired) electrons. The average Bonchev–Trinajstić information content (AvgIpc) is 2.71. The summed E-state index contributed by atoms with van der Waals surface area (Å²) in [5, 5.41) is 3.22. The Hall–Kier alpha value is -1.01. The lowest BCUT2D eigenvalue weighted by molar-refractivity contribution is -0.142. The Kier molecular flexibility index (Phi) is 23.4. The monoisotopic (exact) mass is 456 g/mol. The van der Waals surface area contributed by atoms with Crippen LogP contribution in [-0.2, 0) is 33.2 Å². The smallest absolute Gasteiger partial charge is 0.379 e. The molecular formula is C19H37ClN2O8. The average molecular weight is 457 g/mol. The van der Waals surface area contributed by atoms with Crippen LogP contribution in [0.5, 0.6) is 0 Å². The SMILES string of the molecule is NC(=O)OC(=O)COCCOCCOCCNCCOCCOCCCCCCCl. The number of nitrogens with two attached hydrogens (primary N) is 1. The van der Waals surface area contributed by atoms with Gasteiger partial charge in [0.25, 0.3) is 0 Å². The normalized spacial score (nSPS) is 11.0. The molecular weight excluding hydrogens is 420 g/mol. The topological polar surface area (TPSA) is 128 Å². The molecule has 0 aliphatic rings. The van der Waals surface area contributed by atoms with Crippen molar-refractivity contribution in [2.45, 2.75) is 25.7 Å². The Labute approximate surface area is 184 Å². The summed E-state index contributed by atoms with van der Waals surface area (Å²) in [6.07, 6.45) is 3.34.